The lowest BCUT2D eigenvalue weighted by molar-refractivity contribution is -0.137. The highest BCUT2D eigenvalue weighted by molar-refractivity contribution is 6.29. The van der Waals surface area contributed by atoms with Crippen molar-refractivity contribution in [1.82, 2.24) is 9.97 Å². The molecule has 12 heteroatoms. The summed E-state index contributed by atoms with van der Waals surface area (Å²) >= 11 is 5.72. The van der Waals surface area contributed by atoms with Gasteiger partial charge in [0.2, 0.25) is 17.5 Å². The number of nitrogens with one attached hydrogen (secondary N) is 1. The van der Waals surface area contributed by atoms with Gasteiger partial charge in [-0.25, -0.2) is 4.98 Å². The first-order valence-corrected chi connectivity index (χ1v) is 10.3. The van der Waals surface area contributed by atoms with Crippen LogP contribution < -0.4 is 15.8 Å². The molecule has 174 valence electrons. The number of primary amides is 1. The van der Waals surface area contributed by atoms with E-state index in [0.29, 0.717) is 40.2 Å². The topological polar surface area (TPSA) is 127 Å². The van der Waals surface area contributed by atoms with Crippen molar-refractivity contribution in [3.8, 4) is 17.8 Å². The van der Waals surface area contributed by atoms with Crippen molar-refractivity contribution in [2.75, 3.05) is 11.9 Å². The van der Waals surface area contributed by atoms with Crippen molar-refractivity contribution in [1.29, 1.82) is 5.26 Å². The number of alkyl halides is 3. The number of carbonyl (C=O) groups excluding carboxylic acids is 1. The van der Waals surface area contributed by atoms with E-state index >= 15 is 0 Å². The maximum atomic E-state index is 13.3. The molecule has 0 bridgehead atoms. The Hall–Kier alpha value is -4.04. The lowest BCUT2D eigenvalue weighted by Crippen LogP contribution is -2.13. The molecule has 0 unspecified atom stereocenters. The molecule has 0 spiro atoms. The number of hydrogen-bond donors (Lipinski definition) is 2. The molecule has 0 saturated carbocycles. The first kappa shape index (κ1) is 23.1. The van der Waals surface area contributed by atoms with Crippen molar-refractivity contribution in [3.63, 3.8) is 0 Å². The van der Waals surface area contributed by atoms with Crippen LogP contribution in [0.15, 0.2) is 34.7 Å². The van der Waals surface area contributed by atoms with Crippen LogP contribution in [0.25, 0.3) is 21.9 Å². The Morgan fingerprint density at radius 2 is 2.06 bits per heavy atom. The van der Waals surface area contributed by atoms with Crippen LogP contribution in [-0.4, -0.2) is 22.4 Å². The molecule has 3 heterocycles. The van der Waals surface area contributed by atoms with E-state index in [9.17, 15) is 23.2 Å². The van der Waals surface area contributed by atoms with Crippen molar-refractivity contribution in [2.24, 2.45) is 5.73 Å². The summed E-state index contributed by atoms with van der Waals surface area (Å²) in [5.74, 6) is -1.52. The number of furan rings is 1. The number of amides is 1. The van der Waals surface area contributed by atoms with Crippen molar-refractivity contribution in [2.45, 2.75) is 19.5 Å². The first-order chi connectivity index (χ1) is 16.1. The van der Waals surface area contributed by atoms with E-state index < -0.39 is 34.2 Å². The number of nitrogens with two attached hydrogens (primary N) is 1. The number of hydrogen-bond acceptors (Lipinski definition) is 7. The van der Waals surface area contributed by atoms with E-state index in [0.717, 1.165) is 6.42 Å². The third kappa shape index (κ3) is 4.15. The van der Waals surface area contributed by atoms with Crippen LogP contribution in [0.3, 0.4) is 0 Å². The first-order valence-electron chi connectivity index (χ1n) is 9.89. The summed E-state index contributed by atoms with van der Waals surface area (Å²) in [5, 5.41) is 13.1. The van der Waals surface area contributed by atoms with Gasteiger partial charge in [-0.1, -0.05) is 18.5 Å². The number of carbonyl (C=O) groups is 1. The third-order valence-corrected chi connectivity index (χ3v) is 5.04. The second-order valence-electron chi connectivity index (χ2n) is 7.14. The van der Waals surface area contributed by atoms with Crippen LogP contribution in [-0.2, 0) is 6.18 Å². The molecule has 4 rings (SSSR count). The molecule has 3 aromatic heterocycles. The molecule has 0 aliphatic carbocycles. The SMILES string of the molecule is CCCNc1c(C(N)=O)oc2ccc3nc(Oc4nc(Cl)cc(C(F)(F)F)c4C#N)ccc3c12. The highest BCUT2D eigenvalue weighted by Gasteiger charge is 2.36. The lowest BCUT2D eigenvalue weighted by atomic mass is 10.1. The van der Waals surface area contributed by atoms with Crippen molar-refractivity contribution in [3.05, 3.63) is 52.4 Å². The van der Waals surface area contributed by atoms with Gasteiger partial charge in [-0.3, -0.25) is 4.79 Å². The summed E-state index contributed by atoms with van der Waals surface area (Å²) in [4.78, 5) is 19.9. The van der Waals surface area contributed by atoms with E-state index in [-0.39, 0.29) is 11.6 Å². The minimum atomic E-state index is -4.83. The maximum absolute atomic E-state index is 13.3. The monoisotopic (exact) mass is 489 g/mol. The van der Waals surface area contributed by atoms with E-state index in [1.807, 2.05) is 6.92 Å². The fourth-order valence-corrected chi connectivity index (χ4v) is 3.61. The quantitative estimate of drug-likeness (QED) is 0.336. The van der Waals surface area contributed by atoms with Gasteiger partial charge in [-0.15, -0.1) is 0 Å². The highest BCUT2D eigenvalue weighted by atomic mass is 35.5. The van der Waals surface area contributed by atoms with Gasteiger partial charge in [0.25, 0.3) is 5.91 Å². The Bertz CT molecular complexity index is 1480. The van der Waals surface area contributed by atoms with Gasteiger partial charge >= 0.3 is 6.18 Å². The second-order valence-corrected chi connectivity index (χ2v) is 7.52. The number of aromatic nitrogens is 2. The molecule has 0 fully saturated rings. The summed E-state index contributed by atoms with van der Waals surface area (Å²) in [5.41, 5.74) is 4.57. The van der Waals surface area contributed by atoms with Crippen LogP contribution in [0.1, 0.15) is 35.0 Å². The summed E-state index contributed by atoms with van der Waals surface area (Å²) < 4.78 is 51.0. The van der Waals surface area contributed by atoms with Crippen LogP contribution in [0.5, 0.6) is 11.8 Å². The second kappa shape index (κ2) is 8.72. The zero-order chi connectivity index (χ0) is 24.6. The molecule has 4 aromatic rings. The number of fused-ring (bicyclic) bond motifs is 3. The molecule has 0 aliphatic rings. The van der Waals surface area contributed by atoms with E-state index in [1.54, 1.807) is 18.2 Å². The number of rotatable bonds is 6. The Balaban J connectivity index is 1.83. The van der Waals surface area contributed by atoms with Gasteiger partial charge in [0.05, 0.1) is 22.2 Å². The number of benzene rings is 1. The molecular weight excluding hydrogens is 475 g/mol. The predicted molar refractivity (Wildman–Crippen MR) is 118 cm³/mol. The standard InChI is InChI=1S/C22H15ClF3N5O3/c1-2-7-29-18-17-10-3-6-16(30-13(10)4-5-14(17)33-19(18)20(28)32)34-21-11(9-27)12(22(24,25)26)8-15(23)31-21/h3-6,8,29H,2,7H2,1H3,(H2,28,32). The molecule has 1 aromatic carbocycles. The zero-order valence-corrected chi connectivity index (χ0v) is 18.2. The average Bonchev–Trinajstić information content (AvgIpc) is 3.16. The Kier molecular flexibility index (Phi) is 5.93. The van der Waals surface area contributed by atoms with Crippen LogP contribution in [0.2, 0.25) is 5.15 Å². The molecule has 0 aliphatic heterocycles. The van der Waals surface area contributed by atoms with E-state index in [1.165, 1.54) is 12.1 Å². The average molecular weight is 490 g/mol. The number of ether oxygens (including phenoxy) is 1. The number of pyridine rings is 2. The van der Waals surface area contributed by atoms with Gasteiger partial charge in [0.1, 0.15) is 22.4 Å². The number of anilines is 1. The van der Waals surface area contributed by atoms with Gasteiger partial charge in [-0.05, 0) is 30.7 Å². The Labute approximate surface area is 195 Å². The van der Waals surface area contributed by atoms with Crippen LogP contribution in [0.4, 0.5) is 18.9 Å². The number of nitrogens with zero attached hydrogens (tertiary/aromatic N) is 3. The molecule has 1 amide bonds. The van der Waals surface area contributed by atoms with Gasteiger partial charge in [-0.2, -0.15) is 23.4 Å². The van der Waals surface area contributed by atoms with Crippen LogP contribution >= 0.6 is 11.6 Å². The third-order valence-electron chi connectivity index (χ3n) is 4.85. The summed E-state index contributed by atoms with van der Waals surface area (Å²) in [6.07, 6.45) is -4.06. The van der Waals surface area contributed by atoms with Gasteiger partial charge < -0.3 is 20.2 Å². The molecule has 0 radical (unpaired) electrons. The largest absolute Gasteiger partial charge is 0.449 e. The summed E-state index contributed by atoms with van der Waals surface area (Å²) in [7, 11) is 0. The lowest BCUT2D eigenvalue weighted by Gasteiger charge is -2.13. The van der Waals surface area contributed by atoms with Crippen molar-refractivity contribution < 1.29 is 27.1 Å². The van der Waals surface area contributed by atoms with Crippen molar-refractivity contribution >= 4 is 45.1 Å². The smallest absolute Gasteiger partial charge is 0.417 e. The van der Waals surface area contributed by atoms with Gasteiger partial charge in [0, 0.05) is 18.0 Å². The molecule has 34 heavy (non-hydrogen) atoms. The Morgan fingerprint density at radius 3 is 2.71 bits per heavy atom. The number of halogens is 4. The summed E-state index contributed by atoms with van der Waals surface area (Å²) in [6.45, 7) is 2.50. The van der Waals surface area contributed by atoms with Crippen LogP contribution in [0, 0.1) is 11.3 Å². The molecule has 0 atom stereocenters. The van der Waals surface area contributed by atoms with E-state index in [4.69, 9.17) is 26.5 Å². The maximum Gasteiger partial charge on any atom is 0.417 e. The summed E-state index contributed by atoms with van der Waals surface area (Å²) in [6, 6.07) is 8.16. The fraction of sp³-hybridized carbons (Fsp3) is 0.182. The minimum absolute atomic E-state index is 0.0299. The fourth-order valence-electron chi connectivity index (χ4n) is 3.43. The molecule has 8 nitrogen and oxygen atoms in total. The predicted octanol–water partition coefficient (Wildman–Crippen LogP) is 5.63. The van der Waals surface area contributed by atoms with E-state index in [2.05, 4.69) is 15.3 Å². The molecular formula is C22H15ClF3N5O3. The normalized spacial score (nSPS) is 11.5. The van der Waals surface area contributed by atoms with Gasteiger partial charge in [0.15, 0.2) is 0 Å². The minimum Gasteiger partial charge on any atom is -0.449 e. The Morgan fingerprint density at radius 1 is 1.29 bits per heavy atom. The number of nitriles is 1. The zero-order valence-electron chi connectivity index (χ0n) is 17.5. The molecule has 0 saturated heterocycles. The highest BCUT2D eigenvalue weighted by Crippen LogP contribution is 2.39. The molecule has 3 N–H and O–H groups in total.